The lowest BCUT2D eigenvalue weighted by molar-refractivity contribution is 0.392. The standard InChI is InChI=1S/C21H26O2/c1-15-10-12-16(13-11-15)17(14-21(2,3)4)20-18(22-5)8-7-9-19(20)23-6/h7-14H,1-6H3/b17-14+. The summed E-state index contributed by atoms with van der Waals surface area (Å²) in [6.45, 7) is 8.69. The molecule has 0 atom stereocenters. The van der Waals surface area contributed by atoms with Crippen molar-refractivity contribution in [2.24, 2.45) is 5.41 Å². The zero-order chi connectivity index (χ0) is 17.0. The van der Waals surface area contributed by atoms with Crippen LogP contribution in [0.5, 0.6) is 11.5 Å². The number of hydrogen-bond donors (Lipinski definition) is 0. The van der Waals surface area contributed by atoms with Gasteiger partial charge in [-0.25, -0.2) is 0 Å². The van der Waals surface area contributed by atoms with Gasteiger partial charge in [-0.1, -0.05) is 62.7 Å². The van der Waals surface area contributed by atoms with E-state index in [0.717, 1.165) is 28.2 Å². The van der Waals surface area contributed by atoms with Crippen LogP contribution in [0.15, 0.2) is 48.5 Å². The van der Waals surface area contributed by atoms with Crippen LogP contribution in [0.1, 0.15) is 37.5 Å². The average Bonchev–Trinajstić information content (AvgIpc) is 2.52. The van der Waals surface area contributed by atoms with Gasteiger partial charge in [0.2, 0.25) is 0 Å². The highest BCUT2D eigenvalue weighted by Crippen LogP contribution is 2.40. The lowest BCUT2D eigenvalue weighted by atomic mass is 9.87. The predicted octanol–water partition coefficient (Wildman–Crippen LogP) is 5.49. The summed E-state index contributed by atoms with van der Waals surface area (Å²) < 4.78 is 11.2. The zero-order valence-corrected chi connectivity index (χ0v) is 14.9. The Bertz CT molecular complexity index is 667. The van der Waals surface area contributed by atoms with Gasteiger partial charge in [0.15, 0.2) is 0 Å². The smallest absolute Gasteiger partial charge is 0.130 e. The first-order valence-corrected chi connectivity index (χ1v) is 7.87. The minimum Gasteiger partial charge on any atom is -0.496 e. The van der Waals surface area contributed by atoms with E-state index < -0.39 is 0 Å². The molecular formula is C21H26O2. The van der Waals surface area contributed by atoms with Crippen LogP contribution in [0.4, 0.5) is 0 Å². The third kappa shape index (κ3) is 4.16. The first-order chi connectivity index (χ1) is 10.9. The molecule has 0 unspecified atom stereocenters. The van der Waals surface area contributed by atoms with Crippen LogP contribution in [0.25, 0.3) is 5.57 Å². The third-order valence-electron chi connectivity index (χ3n) is 3.64. The van der Waals surface area contributed by atoms with Crippen molar-refractivity contribution in [2.75, 3.05) is 14.2 Å². The molecule has 0 N–H and O–H groups in total. The molecule has 0 aromatic heterocycles. The summed E-state index contributed by atoms with van der Waals surface area (Å²) in [5.41, 5.74) is 4.57. The molecule has 2 nitrogen and oxygen atoms in total. The molecular weight excluding hydrogens is 284 g/mol. The van der Waals surface area contributed by atoms with Crippen molar-refractivity contribution in [3.05, 3.63) is 65.2 Å². The molecule has 0 aliphatic heterocycles. The minimum atomic E-state index is 0.0338. The fraction of sp³-hybridized carbons (Fsp3) is 0.333. The van der Waals surface area contributed by atoms with Gasteiger partial charge in [0.25, 0.3) is 0 Å². The van der Waals surface area contributed by atoms with Crippen LogP contribution in [-0.2, 0) is 0 Å². The Morgan fingerprint density at radius 2 is 1.39 bits per heavy atom. The van der Waals surface area contributed by atoms with Crippen LogP contribution < -0.4 is 9.47 Å². The maximum Gasteiger partial charge on any atom is 0.130 e. The maximum atomic E-state index is 5.61. The molecule has 0 aliphatic carbocycles. The lowest BCUT2D eigenvalue weighted by Gasteiger charge is -2.21. The van der Waals surface area contributed by atoms with Crippen molar-refractivity contribution in [3.63, 3.8) is 0 Å². The van der Waals surface area contributed by atoms with Crippen molar-refractivity contribution in [2.45, 2.75) is 27.7 Å². The van der Waals surface area contributed by atoms with E-state index in [1.807, 2.05) is 18.2 Å². The Hall–Kier alpha value is -2.22. The lowest BCUT2D eigenvalue weighted by Crippen LogP contribution is -2.04. The Balaban J connectivity index is 2.74. The van der Waals surface area contributed by atoms with Crippen molar-refractivity contribution in [1.29, 1.82) is 0 Å². The van der Waals surface area contributed by atoms with E-state index in [1.54, 1.807) is 14.2 Å². The van der Waals surface area contributed by atoms with Crippen LogP contribution >= 0.6 is 0 Å². The summed E-state index contributed by atoms with van der Waals surface area (Å²) in [5.74, 6) is 1.64. The minimum absolute atomic E-state index is 0.0338. The number of hydrogen-bond acceptors (Lipinski definition) is 2. The Morgan fingerprint density at radius 1 is 0.870 bits per heavy atom. The third-order valence-corrected chi connectivity index (χ3v) is 3.64. The van der Waals surface area contributed by atoms with Gasteiger partial charge in [0.1, 0.15) is 11.5 Å². The van der Waals surface area contributed by atoms with Crippen LogP contribution in [0, 0.1) is 12.3 Å². The molecule has 2 heteroatoms. The van der Waals surface area contributed by atoms with E-state index in [4.69, 9.17) is 9.47 Å². The molecule has 0 aliphatic rings. The van der Waals surface area contributed by atoms with Gasteiger partial charge >= 0.3 is 0 Å². The quantitative estimate of drug-likeness (QED) is 0.743. The topological polar surface area (TPSA) is 18.5 Å². The number of ether oxygens (including phenoxy) is 2. The van der Waals surface area contributed by atoms with E-state index in [2.05, 4.69) is 58.0 Å². The monoisotopic (exact) mass is 310 g/mol. The molecule has 0 amide bonds. The van der Waals surface area contributed by atoms with Crippen molar-refractivity contribution in [3.8, 4) is 11.5 Å². The molecule has 0 fully saturated rings. The SMILES string of the molecule is COc1cccc(OC)c1/C(=C/C(C)(C)C)c1ccc(C)cc1. The summed E-state index contributed by atoms with van der Waals surface area (Å²) in [7, 11) is 3.39. The highest BCUT2D eigenvalue weighted by molar-refractivity contribution is 5.86. The normalized spacial score (nSPS) is 12.2. The first-order valence-electron chi connectivity index (χ1n) is 7.87. The highest BCUT2D eigenvalue weighted by atomic mass is 16.5. The summed E-state index contributed by atoms with van der Waals surface area (Å²) in [5, 5.41) is 0. The summed E-state index contributed by atoms with van der Waals surface area (Å²) in [6, 6.07) is 14.5. The molecule has 122 valence electrons. The number of methoxy groups -OCH3 is 2. The van der Waals surface area contributed by atoms with Gasteiger partial charge in [0, 0.05) is 0 Å². The van der Waals surface area contributed by atoms with Gasteiger partial charge in [-0.2, -0.15) is 0 Å². The molecule has 0 spiro atoms. The Kier molecular flexibility index (Phi) is 5.15. The van der Waals surface area contributed by atoms with Crippen LogP contribution in [-0.4, -0.2) is 14.2 Å². The molecule has 0 radical (unpaired) electrons. The van der Waals surface area contributed by atoms with E-state index in [0.29, 0.717) is 0 Å². The summed E-state index contributed by atoms with van der Waals surface area (Å²) in [4.78, 5) is 0. The Labute approximate surface area is 139 Å². The van der Waals surface area contributed by atoms with Gasteiger partial charge in [-0.05, 0) is 35.6 Å². The second-order valence-electron chi connectivity index (χ2n) is 6.83. The maximum absolute atomic E-state index is 5.61. The van der Waals surface area contributed by atoms with Crippen molar-refractivity contribution >= 4 is 5.57 Å². The highest BCUT2D eigenvalue weighted by Gasteiger charge is 2.19. The first kappa shape index (κ1) is 17.1. The van der Waals surface area contributed by atoms with Gasteiger partial charge in [-0.15, -0.1) is 0 Å². The second-order valence-corrected chi connectivity index (χ2v) is 6.83. The molecule has 2 rings (SSSR count). The largest absolute Gasteiger partial charge is 0.496 e. The number of benzene rings is 2. The predicted molar refractivity (Wildman–Crippen MR) is 97.3 cm³/mol. The molecule has 0 heterocycles. The zero-order valence-electron chi connectivity index (χ0n) is 14.9. The fourth-order valence-electron chi connectivity index (χ4n) is 2.58. The molecule has 0 bridgehead atoms. The van der Waals surface area contributed by atoms with E-state index in [9.17, 15) is 0 Å². The van der Waals surface area contributed by atoms with E-state index in [1.165, 1.54) is 5.56 Å². The van der Waals surface area contributed by atoms with E-state index >= 15 is 0 Å². The van der Waals surface area contributed by atoms with Gasteiger partial charge in [-0.3, -0.25) is 0 Å². The van der Waals surface area contributed by atoms with Crippen LogP contribution in [0.3, 0.4) is 0 Å². The molecule has 0 saturated heterocycles. The molecule has 2 aromatic carbocycles. The Morgan fingerprint density at radius 3 is 1.83 bits per heavy atom. The van der Waals surface area contributed by atoms with Gasteiger partial charge in [0.05, 0.1) is 19.8 Å². The van der Waals surface area contributed by atoms with E-state index in [-0.39, 0.29) is 5.41 Å². The summed E-state index contributed by atoms with van der Waals surface area (Å²) in [6.07, 6.45) is 2.28. The average molecular weight is 310 g/mol. The van der Waals surface area contributed by atoms with Crippen molar-refractivity contribution in [1.82, 2.24) is 0 Å². The van der Waals surface area contributed by atoms with Gasteiger partial charge < -0.3 is 9.47 Å². The number of rotatable bonds is 4. The summed E-state index contributed by atoms with van der Waals surface area (Å²) >= 11 is 0. The second kappa shape index (κ2) is 6.91. The van der Waals surface area contributed by atoms with Crippen LogP contribution in [0.2, 0.25) is 0 Å². The fourth-order valence-corrected chi connectivity index (χ4v) is 2.58. The molecule has 0 saturated carbocycles. The number of allylic oxidation sites excluding steroid dienone is 1. The number of aryl methyl sites for hydroxylation is 1. The molecule has 2 aromatic rings. The van der Waals surface area contributed by atoms with Crippen molar-refractivity contribution < 1.29 is 9.47 Å². The molecule has 23 heavy (non-hydrogen) atoms.